The van der Waals surface area contributed by atoms with E-state index >= 15 is 0 Å². The summed E-state index contributed by atoms with van der Waals surface area (Å²) in [7, 11) is 0. The van der Waals surface area contributed by atoms with Crippen LogP contribution >= 0.6 is 0 Å². The van der Waals surface area contributed by atoms with Crippen LogP contribution in [-0.4, -0.2) is 17.0 Å². The number of carbonyl (C=O) groups excluding carboxylic acids is 1. The van der Waals surface area contributed by atoms with E-state index in [1.807, 2.05) is 24.3 Å². The topological polar surface area (TPSA) is 64.2 Å². The van der Waals surface area contributed by atoms with E-state index in [2.05, 4.69) is 17.4 Å². The number of benzene rings is 2. The molecule has 2 aromatic carbocycles. The van der Waals surface area contributed by atoms with Crippen molar-refractivity contribution in [1.82, 2.24) is 9.88 Å². The highest BCUT2D eigenvalue weighted by Crippen LogP contribution is 2.43. The Labute approximate surface area is 151 Å². The molecular weight excluding hydrogens is 328 g/mol. The first-order valence-electron chi connectivity index (χ1n) is 9.04. The second-order valence-electron chi connectivity index (χ2n) is 7.10. The van der Waals surface area contributed by atoms with Crippen LogP contribution in [0.4, 0.5) is 0 Å². The summed E-state index contributed by atoms with van der Waals surface area (Å²) in [6, 6.07) is 16.9. The predicted octanol–water partition coefficient (Wildman–Crippen LogP) is 3.39. The Bertz CT molecular complexity index is 983. The van der Waals surface area contributed by atoms with Crippen LogP contribution in [0.5, 0.6) is 0 Å². The van der Waals surface area contributed by atoms with Crippen LogP contribution in [0.2, 0.25) is 0 Å². The zero-order valence-corrected chi connectivity index (χ0v) is 14.8. The number of aromatic nitrogens is 1. The predicted molar refractivity (Wildman–Crippen MR) is 100 cm³/mol. The largest absolute Gasteiger partial charge is 0.420 e. The van der Waals surface area contributed by atoms with Gasteiger partial charge >= 0.3 is 5.76 Å². The molecule has 134 valence electrons. The molecule has 26 heavy (non-hydrogen) atoms. The molecular formula is C21H22N2O3. The van der Waals surface area contributed by atoms with Crippen LogP contribution in [0.25, 0.3) is 11.1 Å². The SMILES string of the molecule is CC(C(=O)NCC1(c2ccccc2)CCC1)n1c(=O)oc2ccccc21. The van der Waals surface area contributed by atoms with Crippen LogP contribution < -0.4 is 11.1 Å². The lowest BCUT2D eigenvalue weighted by molar-refractivity contribution is -0.124. The molecule has 1 saturated carbocycles. The van der Waals surface area contributed by atoms with Crippen molar-refractivity contribution in [3.05, 3.63) is 70.7 Å². The lowest BCUT2D eigenvalue weighted by Gasteiger charge is -2.42. The van der Waals surface area contributed by atoms with Crippen molar-refractivity contribution in [3.8, 4) is 0 Å². The molecule has 1 unspecified atom stereocenters. The Balaban J connectivity index is 1.53. The minimum atomic E-state index is -0.626. The molecule has 3 aromatic rings. The van der Waals surface area contributed by atoms with Gasteiger partial charge in [-0.25, -0.2) is 4.79 Å². The molecule has 1 aliphatic rings. The highest BCUT2D eigenvalue weighted by Gasteiger charge is 2.39. The molecule has 0 saturated heterocycles. The average Bonchev–Trinajstić information content (AvgIpc) is 2.96. The Kier molecular flexibility index (Phi) is 4.15. The van der Waals surface area contributed by atoms with Crippen molar-refractivity contribution >= 4 is 17.0 Å². The molecule has 5 nitrogen and oxygen atoms in total. The molecule has 1 amide bonds. The lowest BCUT2D eigenvalue weighted by Crippen LogP contribution is -2.47. The fourth-order valence-corrected chi connectivity index (χ4v) is 3.83. The third kappa shape index (κ3) is 2.73. The molecule has 0 radical (unpaired) electrons. The highest BCUT2D eigenvalue weighted by molar-refractivity contribution is 5.83. The van der Waals surface area contributed by atoms with Crippen molar-refractivity contribution < 1.29 is 9.21 Å². The summed E-state index contributed by atoms with van der Waals surface area (Å²) in [5.41, 5.74) is 2.42. The summed E-state index contributed by atoms with van der Waals surface area (Å²) < 4.78 is 6.66. The first kappa shape index (κ1) is 16.6. The minimum Gasteiger partial charge on any atom is -0.408 e. The maximum absolute atomic E-state index is 12.7. The van der Waals surface area contributed by atoms with Crippen molar-refractivity contribution in [2.45, 2.75) is 37.6 Å². The monoisotopic (exact) mass is 350 g/mol. The zero-order valence-electron chi connectivity index (χ0n) is 14.8. The van der Waals surface area contributed by atoms with Crippen LogP contribution in [0.3, 0.4) is 0 Å². The maximum Gasteiger partial charge on any atom is 0.420 e. The zero-order chi connectivity index (χ0) is 18.1. The van der Waals surface area contributed by atoms with Gasteiger partial charge in [0.05, 0.1) is 5.52 Å². The van der Waals surface area contributed by atoms with Gasteiger partial charge in [-0.05, 0) is 37.5 Å². The van der Waals surface area contributed by atoms with Gasteiger partial charge in [0.15, 0.2) is 5.58 Å². The fourth-order valence-electron chi connectivity index (χ4n) is 3.83. The molecule has 4 rings (SSSR count). The van der Waals surface area contributed by atoms with Crippen LogP contribution in [-0.2, 0) is 10.2 Å². The van der Waals surface area contributed by atoms with Crippen LogP contribution in [0.1, 0.15) is 37.8 Å². The standard InChI is InChI=1S/C21H22N2O3/c1-15(23-17-10-5-6-11-18(17)26-20(23)25)19(24)22-14-21(12-7-13-21)16-8-3-2-4-9-16/h2-6,8-11,15H,7,12-14H2,1H3,(H,22,24). The highest BCUT2D eigenvalue weighted by atomic mass is 16.4. The Hall–Kier alpha value is -2.82. The van der Waals surface area contributed by atoms with Gasteiger partial charge in [-0.1, -0.05) is 48.9 Å². The van der Waals surface area contributed by atoms with E-state index in [9.17, 15) is 9.59 Å². The first-order valence-corrected chi connectivity index (χ1v) is 9.04. The number of carbonyl (C=O) groups is 1. The van der Waals surface area contributed by atoms with Crippen LogP contribution in [0.15, 0.2) is 63.8 Å². The second kappa shape index (κ2) is 6.48. The molecule has 0 bridgehead atoms. The van der Waals surface area contributed by atoms with Crippen molar-refractivity contribution in [2.24, 2.45) is 0 Å². The quantitative estimate of drug-likeness (QED) is 0.767. The molecule has 1 heterocycles. The van der Waals surface area contributed by atoms with Crippen LogP contribution in [0, 0.1) is 0 Å². The first-order chi connectivity index (χ1) is 12.6. The number of oxazole rings is 1. The molecule has 0 spiro atoms. The number of nitrogens with zero attached hydrogens (tertiary/aromatic N) is 1. The summed E-state index contributed by atoms with van der Waals surface area (Å²) in [5.74, 6) is -0.670. The smallest absolute Gasteiger partial charge is 0.408 e. The van der Waals surface area contributed by atoms with Crippen molar-refractivity contribution in [1.29, 1.82) is 0 Å². The van der Waals surface area contributed by atoms with Crippen molar-refractivity contribution in [3.63, 3.8) is 0 Å². The summed E-state index contributed by atoms with van der Waals surface area (Å²) in [5, 5.41) is 3.06. The van der Waals surface area contributed by atoms with E-state index in [1.165, 1.54) is 16.6 Å². The van der Waals surface area contributed by atoms with Gasteiger partial charge in [0.1, 0.15) is 6.04 Å². The third-order valence-corrected chi connectivity index (χ3v) is 5.58. The minimum absolute atomic E-state index is 0.0140. The molecule has 1 atom stereocenters. The fraction of sp³-hybridized carbons (Fsp3) is 0.333. The summed E-state index contributed by atoms with van der Waals surface area (Å²) in [4.78, 5) is 24.9. The molecule has 5 heteroatoms. The van der Waals surface area contributed by atoms with E-state index in [4.69, 9.17) is 4.42 Å². The van der Waals surface area contributed by atoms with E-state index in [0.717, 1.165) is 12.8 Å². The van der Waals surface area contributed by atoms with E-state index < -0.39 is 11.8 Å². The van der Waals surface area contributed by atoms with Gasteiger partial charge in [0.2, 0.25) is 5.91 Å². The number of fused-ring (bicyclic) bond motifs is 1. The van der Waals surface area contributed by atoms with E-state index in [-0.39, 0.29) is 11.3 Å². The molecule has 0 aliphatic heterocycles. The average molecular weight is 350 g/mol. The number of hydrogen-bond donors (Lipinski definition) is 1. The van der Waals surface area contributed by atoms with Gasteiger partial charge < -0.3 is 9.73 Å². The van der Waals surface area contributed by atoms with Gasteiger partial charge in [-0.15, -0.1) is 0 Å². The molecule has 1 aromatic heterocycles. The van der Waals surface area contributed by atoms with Gasteiger partial charge in [-0.3, -0.25) is 9.36 Å². The van der Waals surface area contributed by atoms with E-state index in [0.29, 0.717) is 17.6 Å². The number of amides is 1. The summed E-state index contributed by atoms with van der Waals surface area (Å²) >= 11 is 0. The number of nitrogens with one attached hydrogen (secondary N) is 1. The second-order valence-corrected chi connectivity index (χ2v) is 7.10. The Morgan fingerprint density at radius 1 is 1.15 bits per heavy atom. The van der Waals surface area contributed by atoms with Gasteiger partial charge in [0.25, 0.3) is 0 Å². The molecule has 1 aliphatic carbocycles. The number of para-hydroxylation sites is 2. The Morgan fingerprint density at radius 3 is 2.54 bits per heavy atom. The number of rotatable bonds is 5. The normalized spacial score (nSPS) is 16.8. The van der Waals surface area contributed by atoms with E-state index in [1.54, 1.807) is 25.1 Å². The maximum atomic E-state index is 12.7. The Morgan fingerprint density at radius 2 is 1.85 bits per heavy atom. The summed E-state index contributed by atoms with van der Waals surface area (Å²) in [6.45, 7) is 2.32. The lowest BCUT2D eigenvalue weighted by atomic mass is 9.64. The third-order valence-electron chi connectivity index (χ3n) is 5.58. The van der Waals surface area contributed by atoms with Gasteiger partial charge in [-0.2, -0.15) is 0 Å². The summed E-state index contributed by atoms with van der Waals surface area (Å²) in [6.07, 6.45) is 3.31. The number of hydrogen-bond acceptors (Lipinski definition) is 3. The van der Waals surface area contributed by atoms with Crippen molar-refractivity contribution in [2.75, 3.05) is 6.54 Å². The molecule has 1 N–H and O–H groups in total. The van der Waals surface area contributed by atoms with Gasteiger partial charge in [0, 0.05) is 12.0 Å². The molecule has 1 fully saturated rings.